The average Bonchev–Trinajstić information content (AvgIpc) is 2.98. The van der Waals surface area contributed by atoms with Crippen molar-refractivity contribution < 1.29 is 23.1 Å². The first-order valence-corrected chi connectivity index (χ1v) is 11.5. The molecule has 2 N–H and O–H groups in total. The molecule has 2 aromatic rings. The first-order chi connectivity index (χ1) is 13.9. The number of carboxylic acid groups (broad SMARTS) is 1. The van der Waals surface area contributed by atoms with Crippen molar-refractivity contribution in [1.29, 1.82) is 0 Å². The van der Waals surface area contributed by atoms with E-state index in [9.17, 15) is 23.1 Å². The highest BCUT2D eigenvalue weighted by molar-refractivity contribution is 7.89. The van der Waals surface area contributed by atoms with Gasteiger partial charge in [-0.05, 0) is 53.3 Å². The van der Waals surface area contributed by atoms with E-state index in [1.54, 1.807) is 24.3 Å². The summed E-state index contributed by atoms with van der Waals surface area (Å²) in [6.07, 6.45) is 0.496. The Balaban J connectivity index is 1.80. The minimum absolute atomic E-state index is 0.0352. The van der Waals surface area contributed by atoms with Gasteiger partial charge in [0.25, 0.3) is 0 Å². The Hall–Kier alpha value is -2.16. The highest BCUT2D eigenvalue weighted by atomic mass is 35.5. The SMILES string of the molecule is CC(C)(C)C[C@@H](C(=O)O)N1CCC(NS(=O)(=O)c2ccc3cc(Cl)ccc3c2)C1=O. The van der Waals surface area contributed by atoms with E-state index in [0.717, 1.165) is 5.39 Å². The van der Waals surface area contributed by atoms with Crippen molar-refractivity contribution in [1.82, 2.24) is 9.62 Å². The Kier molecular flexibility index (Phi) is 6.13. The van der Waals surface area contributed by atoms with Crippen LogP contribution in [0.5, 0.6) is 0 Å². The molecule has 2 aromatic carbocycles. The van der Waals surface area contributed by atoms with Gasteiger partial charge in [0.1, 0.15) is 12.1 Å². The van der Waals surface area contributed by atoms with Gasteiger partial charge in [-0.25, -0.2) is 13.2 Å². The fourth-order valence-corrected chi connectivity index (χ4v) is 5.09. The Morgan fingerprint density at radius 3 is 2.50 bits per heavy atom. The number of likely N-dealkylation sites (tertiary alicyclic amines) is 1. The molecule has 9 heteroatoms. The lowest BCUT2D eigenvalue weighted by Gasteiger charge is -2.30. The lowest BCUT2D eigenvalue weighted by atomic mass is 9.87. The monoisotopic (exact) mass is 452 g/mol. The number of carbonyl (C=O) groups is 2. The Morgan fingerprint density at radius 1 is 1.23 bits per heavy atom. The van der Waals surface area contributed by atoms with Crippen LogP contribution >= 0.6 is 11.6 Å². The maximum atomic E-state index is 12.9. The average molecular weight is 453 g/mol. The van der Waals surface area contributed by atoms with Crippen LogP contribution in [0.4, 0.5) is 0 Å². The van der Waals surface area contributed by atoms with Gasteiger partial charge in [-0.1, -0.05) is 44.5 Å². The molecule has 1 aliphatic heterocycles. The lowest BCUT2D eigenvalue weighted by Crippen LogP contribution is -2.48. The third kappa shape index (κ3) is 4.94. The van der Waals surface area contributed by atoms with E-state index in [1.807, 2.05) is 20.8 Å². The number of aliphatic carboxylic acids is 1. The van der Waals surface area contributed by atoms with Crippen molar-refractivity contribution >= 4 is 44.3 Å². The number of nitrogens with zero attached hydrogens (tertiary/aromatic N) is 1. The molecule has 0 bridgehead atoms. The van der Waals surface area contributed by atoms with Crippen LogP contribution in [0.2, 0.25) is 5.02 Å². The van der Waals surface area contributed by atoms with Gasteiger partial charge in [0, 0.05) is 11.6 Å². The molecule has 7 nitrogen and oxygen atoms in total. The predicted octanol–water partition coefficient (Wildman–Crippen LogP) is 3.26. The number of fused-ring (bicyclic) bond motifs is 1. The summed E-state index contributed by atoms with van der Waals surface area (Å²) in [6.45, 7) is 5.89. The lowest BCUT2D eigenvalue weighted by molar-refractivity contribution is -0.149. The largest absolute Gasteiger partial charge is 0.480 e. The van der Waals surface area contributed by atoms with Crippen molar-refractivity contribution in [3.8, 4) is 0 Å². The van der Waals surface area contributed by atoms with Gasteiger partial charge in [0.2, 0.25) is 15.9 Å². The van der Waals surface area contributed by atoms with E-state index in [1.165, 1.54) is 17.0 Å². The molecule has 0 spiro atoms. The summed E-state index contributed by atoms with van der Waals surface area (Å²) in [5, 5.41) is 11.6. The molecular formula is C21H25ClN2O5S. The molecule has 1 amide bonds. The van der Waals surface area contributed by atoms with Crippen LogP contribution in [0.3, 0.4) is 0 Å². The molecule has 1 fully saturated rings. The molecule has 162 valence electrons. The molecule has 0 saturated carbocycles. The normalized spacial score (nSPS) is 18.7. The number of hydrogen-bond acceptors (Lipinski definition) is 4. The number of amides is 1. The molecule has 1 saturated heterocycles. The van der Waals surface area contributed by atoms with Gasteiger partial charge in [-0.3, -0.25) is 4.79 Å². The molecule has 2 atom stereocenters. The molecule has 1 heterocycles. The first kappa shape index (κ1) is 22.5. The molecular weight excluding hydrogens is 428 g/mol. The van der Waals surface area contributed by atoms with E-state index < -0.39 is 34.0 Å². The molecule has 3 rings (SSSR count). The summed E-state index contributed by atoms with van der Waals surface area (Å²) < 4.78 is 28.2. The van der Waals surface area contributed by atoms with Crippen LogP contribution < -0.4 is 4.72 Å². The van der Waals surface area contributed by atoms with Gasteiger partial charge in [0.15, 0.2) is 0 Å². The summed E-state index contributed by atoms with van der Waals surface area (Å²) >= 11 is 5.96. The fourth-order valence-electron chi connectivity index (χ4n) is 3.65. The maximum Gasteiger partial charge on any atom is 0.326 e. The van der Waals surface area contributed by atoms with Crippen molar-refractivity contribution in [2.75, 3.05) is 6.54 Å². The fraction of sp³-hybridized carbons (Fsp3) is 0.429. The van der Waals surface area contributed by atoms with Crippen LogP contribution in [-0.2, 0) is 19.6 Å². The molecule has 30 heavy (non-hydrogen) atoms. The van der Waals surface area contributed by atoms with Gasteiger partial charge >= 0.3 is 5.97 Å². The van der Waals surface area contributed by atoms with Crippen molar-refractivity contribution in [2.24, 2.45) is 5.41 Å². The third-order valence-electron chi connectivity index (χ3n) is 5.09. The molecule has 0 aromatic heterocycles. The predicted molar refractivity (Wildman–Crippen MR) is 115 cm³/mol. The quantitative estimate of drug-likeness (QED) is 0.700. The van der Waals surface area contributed by atoms with Crippen molar-refractivity contribution in [2.45, 2.75) is 50.6 Å². The van der Waals surface area contributed by atoms with Crippen molar-refractivity contribution in [3.63, 3.8) is 0 Å². The summed E-state index contributed by atoms with van der Waals surface area (Å²) in [7, 11) is -3.96. The molecule has 1 aliphatic rings. The van der Waals surface area contributed by atoms with Crippen LogP contribution in [0, 0.1) is 5.41 Å². The van der Waals surface area contributed by atoms with Gasteiger partial charge in [-0.2, -0.15) is 4.72 Å². The molecule has 0 radical (unpaired) electrons. The Bertz CT molecular complexity index is 1090. The first-order valence-electron chi connectivity index (χ1n) is 9.62. The second kappa shape index (κ2) is 8.17. The van der Waals surface area contributed by atoms with Crippen LogP contribution in [-0.4, -0.2) is 48.9 Å². The summed E-state index contributed by atoms with van der Waals surface area (Å²) in [5.74, 6) is -1.60. The molecule has 0 aliphatic carbocycles. The van der Waals surface area contributed by atoms with Crippen LogP contribution in [0.1, 0.15) is 33.6 Å². The zero-order valence-electron chi connectivity index (χ0n) is 17.1. The Morgan fingerprint density at radius 2 is 1.87 bits per heavy atom. The number of nitrogens with one attached hydrogen (secondary N) is 1. The second-order valence-corrected chi connectivity index (χ2v) is 10.9. The van der Waals surface area contributed by atoms with Gasteiger partial charge < -0.3 is 10.0 Å². The molecule has 1 unspecified atom stereocenters. The topological polar surface area (TPSA) is 104 Å². The number of carboxylic acids is 1. The minimum atomic E-state index is -3.96. The summed E-state index contributed by atoms with van der Waals surface area (Å²) in [6, 6.07) is 7.79. The minimum Gasteiger partial charge on any atom is -0.480 e. The standard InChI is InChI=1S/C21H25ClN2O5S/c1-21(2,3)12-18(20(26)27)24-9-8-17(19(24)25)23-30(28,29)16-7-5-13-10-15(22)6-4-14(13)11-16/h4-7,10-11,17-18,23H,8-9,12H2,1-3H3,(H,26,27)/t17?,18-/m0/s1. The zero-order valence-corrected chi connectivity index (χ0v) is 18.6. The highest BCUT2D eigenvalue weighted by Crippen LogP contribution is 2.28. The van der Waals surface area contributed by atoms with Gasteiger partial charge in [0.05, 0.1) is 4.90 Å². The van der Waals surface area contributed by atoms with Crippen LogP contribution in [0.25, 0.3) is 10.8 Å². The van der Waals surface area contributed by atoms with Gasteiger partial charge in [-0.15, -0.1) is 0 Å². The van der Waals surface area contributed by atoms with E-state index in [4.69, 9.17) is 11.6 Å². The number of halogens is 1. The maximum absolute atomic E-state index is 12.9. The van der Waals surface area contributed by atoms with E-state index >= 15 is 0 Å². The van der Waals surface area contributed by atoms with E-state index in [-0.39, 0.29) is 29.7 Å². The number of benzene rings is 2. The second-order valence-electron chi connectivity index (χ2n) is 8.77. The van der Waals surface area contributed by atoms with Crippen molar-refractivity contribution in [3.05, 3.63) is 41.4 Å². The highest BCUT2D eigenvalue weighted by Gasteiger charge is 2.42. The Labute approximate surface area is 181 Å². The van der Waals surface area contributed by atoms with E-state index in [0.29, 0.717) is 10.4 Å². The summed E-state index contributed by atoms with van der Waals surface area (Å²) in [4.78, 5) is 25.8. The van der Waals surface area contributed by atoms with E-state index in [2.05, 4.69) is 4.72 Å². The smallest absolute Gasteiger partial charge is 0.326 e. The number of sulfonamides is 1. The number of carbonyl (C=O) groups excluding carboxylic acids is 1. The van der Waals surface area contributed by atoms with Crippen LogP contribution in [0.15, 0.2) is 41.3 Å². The summed E-state index contributed by atoms with van der Waals surface area (Å²) in [5.41, 5.74) is -0.297. The third-order valence-corrected chi connectivity index (χ3v) is 6.79. The zero-order chi connectivity index (χ0) is 22.3. The number of hydrogen-bond donors (Lipinski definition) is 2. The number of rotatable bonds is 6.